The molecule has 186 valence electrons. The predicted octanol–water partition coefficient (Wildman–Crippen LogP) is 4.03. The van der Waals surface area contributed by atoms with E-state index < -0.39 is 5.91 Å². The number of amides is 2. The molecule has 0 radical (unpaired) electrons. The molecule has 2 amide bonds. The first kappa shape index (κ1) is 25.7. The number of nitrogens with two attached hydrogens (primary N) is 2. The molecule has 0 fully saturated rings. The molecular weight excluding hydrogens is 460 g/mol. The lowest BCUT2D eigenvalue weighted by atomic mass is 10.0. The highest BCUT2D eigenvalue weighted by atomic mass is 16.5. The second-order valence-corrected chi connectivity index (χ2v) is 7.60. The molecule has 7 N–H and O–H groups in total. The summed E-state index contributed by atoms with van der Waals surface area (Å²) >= 11 is 0. The van der Waals surface area contributed by atoms with Crippen LogP contribution in [-0.4, -0.2) is 38.2 Å². The number of carbonyl (C=O) groups is 2. The van der Waals surface area contributed by atoms with Crippen molar-refractivity contribution in [1.82, 2.24) is 5.32 Å². The molecule has 4 aromatic carbocycles. The summed E-state index contributed by atoms with van der Waals surface area (Å²) in [5.74, 6) is 0.275. The fourth-order valence-corrected chi connectivity index (χ4v) is 3.50. The van der Waals surface area contributed by atoms with Crippen LogP contribution in [0.2, 0.25) is 0 Å². The van der Waals surface area contributed by atoms with E-state index in [0.717, 1.165) is 5.39 Å². The summed E-state index contributed by atoms with van der Waals surface area (Å²) in [5, 5.41) is 17.0. The summed E-state index contributed by atoms with van der Waals surface area (Å²) < 4.78 is 10.2. The largest absolute Gasteiger partial charge is 0.505 e. The molecule has 4 aromatic rings. The fourth-order valence-electron chi connectivity index (χ4n) is 3.50. The fraction of sp³-hybridized carbons (Fsp3) is 0.111. The number of rotatable bonds is 5. The van der Waals surface area contributed by atoms with Crippen LogP contribution >= 0.6 is 0 Å². The molecule has 9 heteroatoms. The van der Waals surface area contributed by atoms with Crippen molar-refractivity contribution in [2.45, 2.75) is 0 Å². The molecule has 0 saturated carbocycles. The van der Waals surface area contributed by atoms with Crippen molar-refractivity contribution in [1.29, 1.82) is 0 Å². The molecule has 36 heavy (non-hydrogen) atoms. The van der Waals surface area contributed by atoms with Crippen LogP contribution in [0.15, 0.2) is 72.8 Å². The van der Waals surface area contributed by atoms with Crippen LogP contribution in [0, 0.1) is 0 Å². The van der Waals surface area contributed by atoms with E-state index in [-0.39, 0.29) is 22.9 Å². The molecule has 4 rings (SSSR count). The van der Waals surface area contributed by atoms with Gasteiger partial charge in [-0.1, -0.05) is 36.4 Å². The third-order valence-corrected chi connectivity index (χ3v) is 5.38. The highest BCUT2D eigenvalue weighted by Gasteiger charge is 2.17. The van der Waals surface area contributed by atoms with Crippen LogP contribution in [0.1, 0.15) is 20.7 Å². The number of benzene rings is 4. The number of nitrogens with one attached hydrogen (secondary N) is 2. The molecule has 0 aliphatic rings. The van der Waals surface area contributed by atoms with Gasteiger partial charge in [0.05, 0.1) is 36.8 Å². The van der Waals surface area contributed by atoms with Gasteiger partial charge in [0.25, 0.3) is 11.8 Å². The summed E-state index contributed by atoms with van der Waals surface area (Å²) in [4.78, 5) is 23.7. The number of phenols is 1. The Morgan fingerprint density at radius 3 is 2.17 bits per heavy atom. The summed E-state index contributed by atoms with van der Waals surface area (Å²) in [6.45, 7) is 0. The number of aromatic hydroxyl groups is 1. The molecule has 0 unspecified atom stereocenters. The van der Waals surface area contributed by atoms with E-state index >= 15 is 0 Å². The first-order chi connectivity index (χ1) is 17.3. The Bertz CT molecular complexity index is 1400. The molecule has 0 saturated heterocycles. The summed E-state index contributed by atoms with van der Waals surface area (Å²) in [6.07, 6.45) is 0. The molecule has 0 aliphatic heterocycles. The van der Waals surface area contributed by atoms with Gasteiger partial charge in [-0.15, -0.1) is 0 Å². The zero-order valence-corrected chi connectivity index (χ0v) is 20.2. The van der Waals surface area contributed by atoms with E-state index in [9.17, 15) is 14.7 Å². The van der Waals surface area contributed by atoms with Crippen molar-refractivity contribution in [3.05, 3.63) is 83.9 Å². The van der Waals surface area contributed by atoms with E-state index in [1.807, 2.05) is 18.2 Å². The summed E-state index contributed by atoms with van der Waals surface area (Å²) in [7, 11) is 4.63. The van der Waals surface area contributed by atoms with Crippen molar-refractivity contribution in [2.75, 3.05) is 38.1 Å². The number of ether oxygens (including phenoxy) is 2. The number of phenolic OH excluding ortho intramolecular Hbond substituents is 1. The number of anilines is 3. The second kappa shape index (κ2) is 11.5. The van der Waals surface area contributed by atoms with E-state index in [1.54, 1.807) is 61.6 Å². The third-order valence-electron chi connectivity index (χ3n) is 5.38. The van der Waals surface area contributed by atoms with Gasteiger partial charge in [-0.05, 0) is 41.8 Å². The van der Waals surface area contributed by atoms with Gasteiger partial charge >= 0.3 is 0 Å². The first-order valence-electron chi connectivity index (χ1n) is 10.9. The van der Waals surface area contributed by atoms with Gasteiger partial charge in [0.2, 0.25) is 0 Å². The zero-order valence-electron chi connectivity index (χ0n) is 20.2. The topological polar surface area (TPSA) is 149 Å². The van der Waals surface area contributed by atoms with Crippen LogP contribution in [0.5, 0.6) is 17.2 Å². The predicted molar refractivity (Wildman–Crippen MR) is 142 cm³/mol. The maximum atomic E-state index is 12.5. The molecule has 0 heterocycles. The van der Waals surface area contributed by atoms with Gasteiger partial charge in [-0.2, -0.15) is 0 Å². The molecule has 0 bridgehead atoms. The van der Waals surface area contributed by atoms with Crippen molar-refractivity contribution in [3.8, 4) is 17.2 Å². The van der Waals surface area contributed by atoms with Crippen molar-refractivity contribution < 1.29 is 24.2 Å². The van der Waals surface area contributed by atoms with Gasteiger partial charge < -0.3 is 36.7 Å². The normalized spacial score (nSPS) is 10.1. The lowest BCUT2D eigenvalue weighted by Gasteiger charge is -2.13. The maximum absolute atomic E-state index is 12.5. The minimum absolute atomic E-state index is 0.118. The highest BCUT2D eigenvalue weighted by Crippen LogP contribution is 2.34. The number of carbonyl (C=O) groups excluding carboxylic acids is 2. The van der Waals surface area contributed by atoms with E-state index in [2.05, 4.69) is 10.6 Å². The minimum atomic E-state index is -0.454. The van der Waals surface area contributed by atoms with Crippen LogP contribution in [0.25, 0.3) is 10.8 Å². The van der Waals surface area contributed by atoms with Gasteiger partial charge in [-0.25, -0.2) is 0 Å². The number of hydrogen-bond donors (Lipinski definition) is 5. The molecule has 0 aliphatic carbocycles. The maximum Gasteiger partial charge on any atom is 0.259 e. The number of fused-ring (bicyclic) bond motifs is 1. The Morgan fingerprint density at radius 2 is 1.50 bits per heavy atom. The third kappa shape index (κ3) is 5.58. The Hall–Kier alpha value is -4.92. The first-order valence-corrected chi connectivity index (χ1v) is 10.9. The van der Waals surface area contributed by atoms with Crippen molar-refractivity contribution >= 4 is 39.6 Å². The number of para-hydroxylation sites is 2. The number of methoxy groups -OCH3 is 2. The second-order valence-electron chi connectivity index (χ2n) is 7.60. The molecule has 0 aromatic heterocycles. The van der Waals surface area contributed by atoms with E-state index in [4.69, 9.17) is 20.9 Å². The Balaban J connectivity index is 0.000000236. The average Bonchev–Trinajstić information content (AvgIpc) is 2.90. The van der Waals surface area contributed by atoms with Crippen LogP contribution in [0.4, 0.5) is 17.1 Å². The summed E-state index contributed by atoms with van der Waals surface area (Å²) in [6, 6.07) is 20.9. The van der Waals surface area contributed by atoms with Gasteiger partial charge in [0.15, 0.2) is 5.75 Å². The Morgan fingerprint density at radius 1 is 0.833 bits per heavy atom. The monoisotopic (exact) mass is 488 g/mol. The SMILES string of the molecule is CNC(=O)c1ccc(OC)c(N)c1.COc1ccccc1NC(=O)c1cc2ccccc2c(N)c1O. The molecule has 9 nitrogen and oxygen atoms in total. The number of hydrogen-bond acceptors (Lipinski definition) is 7. The smallest absolute Gasteiger partial charge is 0.259 e. The minimum Gasteiger partial charge on any atom is -0.505 e. The van der Waals surface area contributed by atoms with Gasteiger partial charge in [-0.3, -0.25) is 9.59 Å². The lowest BCUT2D eigenvalue weighted by Crippen LogP contribution is -2.17. The Kier molecular flexibility index (Phi) is 8.19. The van der Waals surface area contributed by atoms with Crippen LogP contribution in [0.3, 0.4) is 0 Å². The Labute approximate surface area is 208 Å². The van der Waals surface area contributed by atoms with Crippen molar-refractivity contribution in [2.24, 2.45) is 0 Å². The molecular formula is C27H28N4O5. The molecule has 0 spiro atoms. The van der Waals surface area contributed by atoms with E-state index in [0.29, 0.717) is 33.8 Å². The standard InChI is InChI=1S/C18H16N2O3.C9H12N2O2/c1-23-15-9-5-4-8-14(15)20-18(22)13-10-11-6-2-3-7-12(11)16(19)17(13)21;1-11-9(12)6-3-4-8(13-2)7(10)5-6/h2-10,21H,19H2,1H3,(H,20,22);3-5H,10H2,1-2H3,(H,11,12). The van der Waals surface area contributed by atoms with Gasteiger partial charge in [0.1, 0.15) is 11.5 Å². The van der Waals surface area contributed by atoms with Crippen LogP contribution in [-0.2, 0) is 0 Å². The lowest BCUT2D eigenvalue weighted by molar-refractivity contribution is 0.0962. The average molecular weight is 489 g/mol. The number of nitrogen functional groups attached to an aromatic ring is 2. The van der Waals surface area contributed by atoms with Crippen molar-refractivity contribution in [3.63, 3.8) is 0 Å². The highest BCUT2D eigenvalue weighted by molar-refractivity contribution is 6.12. The van der Waals surface area contributed by atoms with Gasteiger partial charge in [0, 0.05) is 18.0 Å². The summed E-state index contributed by atoms with van der Waals surface area (Å²) in [5.41, 5.74) is 13.4. The van der Waals surface area contributed by atoms with Crippen LogP contribution < -0.4 is 31.6 Å². The quantitative estimate of drug-likeness (QED) is 0.210. The van der Waals surface area contributed by atoms with E-state index in [1.165, 1.54) is 14.2 Å². The zero-order chi connectivity index (χ0) is 26.2. The molecule has 0 atom stereocenters.